The summed E-state index contributed by atoms with van der Waals surface area (Å²) < 4.78 is 13.7. The molecule has 2 rings (SSSR count). The quantitative estimate of drug-likeness (QED) is 0.898. The summed E-state index contributed by atoms with van der Waals surface area (Å²) in [6.07, 6.45) is 4.24. The Labute approximate surface area is 131 Å². The van der Waals surface area contributed by atoms with Crippen molar-refractivity contribution in [2.24, 2.45) is 5.73 Å². The van der Waals surface area contributed by atoms with Crippen LogP contribution in [-0.2, 0) is 5.54 Å². The van der Waals surface area contributed by atoms with Crippen LogP contribution in [0.15, 0.2) is 24.3 Å². The molecule has 4 nitrogen and oxygen atoms in total. The number of carbonyl (C=O) groups is 1. The van der Waals surface area contributed by atoms with Crippen LogP contribution in [0.2, 0.25) is 0 Å². The van der Waals surface area contributed by atoms with E-state index in [-0.39, 0.29) is 16.9 Å². The number of nitrogens with two attached hydrogens (primary N) is 1. The third-order valence-electron chi connectivity index (χ3n) is 5.32. The van der Waals surface area contributed by atoms with Gasteiger partial charge in [0, 0.05) is 11.1 Å². The van der Waals surface area contributed by atoms with E-state index in [1.807, 2.05) is 20.2 Å². The first kappa shape index (κ1) is 16.7. The lowest BCUT2D eigenvalue weighted by Gasteiger charge is -2.50. The molecule has 122 valence electrons. The second-order valence-corrected chi connectivity index (χ2v) is 6.56. The minimum atomic E-state index is -0.468. The maximum absolute atomic E-state index is 13.7. The van der Waals surface area contributed by atoms with Crippen LogP contribution in [0, 0.1) is 5.82 Å². The van der Waals surface area contributed by atoms with E-state index < -0.39 is 6.03 Å². The number of halogens is 1. The summed E-state index contributed by atoms with van der Waals surface area (Å²) >= 11 is 0. The summed E-state index contributed by atoms with van der Waals surface area (Å²) in [5.74, 6) is -0.207. The van der Waals surface area contributed by atoms with Crippen LogP contribution in [0.3, 0.4) is 0 Å². The fourth-order valence-electron chi connectivity index (χ4n) is 3.74. The number of primary amides is 1. The summed E-state index contributed by atoms with van der Waals surface area (Å²) in [7, 11) is 4.07. The van der Waals surface area contributed by atoms with Crippen molar-refractivity contribution in [1.82, 2.24) is 10.2 Å². The number of nitrogens with zero attached hydrogens (tertiary/aromatic N) is 1. The largest absolute Gasteiger partial charge is 0.352 e. The second kappa shape index (κ2) is 6.24. The molecule has 2 amide bonds. The number of benzene rings is 1. The van der Waals surface area contributed by atoms with Crippen LogP contribution in [0.5, 0.6) is 0 Å². The average Bonchev–Trinajstić information content (AvgIpc) is 2.47. The van der Waals surface area contributed by atoms with E-state index in [2.05, 4.69) is 17.1 Å². The van der Waals surface area contributed by atoms with Gasteiger partial charge in [0.2, 0.25) is 0 Å². The first-order valence-corrected chi connectivity index (χ1v) is 7.85. The standard InChI is InChI=1S/C17H26FN3O/c1-4-16(20-15(19)22)8-10-17(11-9-16,21(2)3)13-6-5-7-14(18)12-13/h5-7,12H,4,8-11H2,1-3H3,(H3,19,20,22). The zero-order chi connectivity index (χ0) is 16.4. The average molecular weight is 307 g/mol. The Hall–Kier alpha value is -1.62. The predicted molar refractivity (Wildman–Crippen MR) is 86.0 cm³/mol. The molecule has 0 aromatic heterocycles. The Bertz CT molecular complexity index is 536. The molecule has 1 aliphatic carbocycles. The highest BCUT2D eigenvalue weighted by atomic mass is 19.1. The van der Waals surface area contributed by atoms with Gasteiger partial charge in [0.1, 0.15) is 5.82 Å². The number of nitrogens with one attached hydrogen (secondary N) is 1. The highest BCUT2D eigenvalue weighted by Gasteiger charge is 2.44. The fourth-order valence-corrected chi connectivity index (χ4v) is 3.74. The van der Waals surface area contributed by atoms with Gasteiger partial charge in [0.15, 0.2) is 0 Å². The SMILES string of the molecule is CCC1(NC(N)=O)CCC(c2cccc(F)c2)(N(C)C)CC1. The molecule has 3 N–H and O–H groups in total. The van der Waals surface area contributed by atoms with Gasteiger partial charge in [-0.3, -0.25) is 4.90 Å². The summed E-state index contributed by atoms with van der Waals surface area (Å²) in [6, 6.07) is 6.38. The first-order chi connectivity index (χ1) is 10.3. The van der Waals surface area contributed by atoms with Crippen molar-refractivity contribution in [2.45, 2.75) is 50.1 Å². The monoisotopic (exact) mass is 307 g/mol. The van der Waals surface area contributed by atoms with E-state index >= 15 is 0 Å². The molecule has 0 bridgehead atoms. The fraction of sp³-hybridized carbons (Fsp3) is 0.588. The van der Waals surface area contributed by atoms with Gasteiger partial charge in [-0.2, -0.15) is 0 Å². The molecule has 1 saturated carbocycles. The Morgan fingerprint density at radius 1 is 1.32 bits per heavy atom. The second-order valence-electron chi connectivity index (χ2n) is 6.56. The van der Waals surface area contributed by atoms with Crippen molar-refractivity contribution in [2.75, 3.05) is 14.1 Å². The molecular weight excluding hydrogens is 281 g/mol. The van der Waals surface area contributed by atoms with Gasteiger partial charge in [-0.25, -0.2) is 9.18 Å². The van der Waals surface area contributed by atoms with Crippen molar-refractivity contribution in [3.05, 3.63) is 35.6 Å². The lowest BCUT2D eigenvalue weighted by molar-refractivity contribution is 0.0565. The minimum Gasteiger partial charge on any atom is -0.352 e. The third kappa shape index (κ3) is 3.09. The minimum absolute atomic E-state index is 0.194. The summed E-state index contributed by atoms with van der Waals surface area (Å²) in [5.41, 5.74) is 5.90. The van der Waals surface area contributed by atoms with Gasteiger partial charge in [-0.05, 0) is 63.9 Å². The maximum Gasteiger partial charge on any atom is 0.312 e. The number of hydrogen-bond donors (Lipinski definition) is 2. The molecule has 1 aromatic rings. The van der Waals surface area contributed by atoms with Crippen molar-refractivity contribution in [3.8, 4) is 0 Å². The molecule has 5 heteroatoms. The normalized spacial score (nSPS) is 28.6. The highest BCUT2D eigenvalue weighted by molar-refractivity contribution is 5.72. The molecule has 1 aromatic carbocycles. The molecule has 0 aliphatic heterocycles. The number of hydrogen-bond acceptors (Lipinski definition) is 2. The molecule has 0 atom stereocenters. The van der Waals surface area contributed by atoms with Crippen LogP contribution >= 0.6 is 0 Å². The highest BCUT2D eigenvalue weighted by Crippen LogP contribution is 2.45. The smallest absolute Gasteiger partial charge is 0.312 e. The van der Waals surface area contributed by atoms with E-state index in [1.54, 1.807) is 12.1 Å². The molecule has 22 heavy (non-hydrogen) atoms. The van der Waals surface area contributed by atoms with Crippen LogP contribution in [0.1, 0.15) is 44.6 Å². The molecule has 1 aliphatic rings. The number of rotatable bonds is 4. The van der Waals surface area contributed by atoms with Crippen molar-refractivity contribution in [1.29, 1.82) is 0 Å². The maximum atomic E-state index is 13.7. The van der Waals surface area contributed by atoms with Gasteiger partial charge < -0.3 is 11.1 Å². The van der Waals surface area contributed by atoms with Gasteiger partial charge in [0.05, 0.1) is 0 Å². The van der Waals surface area contributed by atoms with Crippen molar-refractivity contribution < 1.29 is 9.18 Å². The topological polar surface area (TPSA) is 58.4 Å². The van der Waals surface area contributed by atoms with Crippen molar-refractivity contribution in [3.63, 3.8) is 0 Å². The summed E-state index contributed by atoms with van der Waals surface area (Å²) in [5, 5.41) is 2.93. The van der Waals surface area contributed by atoms with E-state index in [9.17, 15) is 9.18 Å². The molecule has 0 spiro atoms. The van der Waals surface area contributed by atoms with Gasteiger partial charge in [0.25, 0.3) is 0 Å². The van der Waals surface area contributed by atoms with Gasteiger partial charge in [-0.15, -0.1) is 0 Å². The third-order valence-corrected chi connectivity index (χ3v) is 5.32. The number of urea groups is 1. The van der Waals surface area contributed by atoms with Crippen molar-refractivity contribution >= 4 is 6.03 Å². The molecular formula is C17H26FN3O. The molecule has 1 fully saturated rings. The zero-order valence-corrected chi connectivity index (χ0v) is 13.7. The predicted octanol–water partition coefficient (Wildman–Crippen LogP) is 2.97. The Kier molecular flexibility index (Phi) is 4.75. The Morgan fingerprint density at radius 2 is 1.95 bits per heavy atom. The van der Waals surface area contributed by atoms with Crippen LogP contribution in [0.25, 0.3) is 0 Å². The van der Waals surface area contributed by atoms with Crippen LogP contribution in [-0.4, -0.2) is 30.6 Å². The number of amides is 2. The Balaban J connectivity index is 2.28. The zero-order valence-electron chi connectivity index (χ0n) is 13.7. The summed E-state index contributed by atoms with van der Waals surface area (Å²) in [4.78, 5) is 13.5. The van der Waals surface area contributed by atoms with Gasteiger partial charge >= 0.3 is 6.03 Å². The van der Waals surface area contributed by atoms with Gasteiger partial charge in [-0.1, -0.05) is 19.1 Å². The van der Waals surface area contributed by atoms with E-state index in [0.717, 1.165) is 37.7 Å². The lowest BCUT2D eigenvalue weighted by atomic mass is 9.68. The number of carbonyl (C=O) groups excluding carboxylic acids is 1. The molecule has 0 unspecified atom stereocenters. The summed E-state index contributed by atoms with van der Waals surface area (Å²) in [6.45, 7) is 2.07. The van der Waals surface area contributed by atoms with E-state index in [1.165, 1.54) is 6.07 Å². The Morgan fingerprint density at radius 3 is 2.41 bits per heavy atom. The molecule has 0 radical (unpaired) electrons. The first-order valence-electron chi connectivity index (χ1n) is 7.85. The molecule has 0 saturated heterocycles. The van der Waals surface area contributed by atoms with Crippen LogP contribution in [0.4, 0.5) is 9.18 Å². The molecule has 0 heterocycles. The van der Waals surface area contributed by atoms with E-state index in [4.69, 9.17) is 5.73 Å². The van der Waals surface area contributed by atoms with Crippen LogP contribution < -0.4 is 11.1 Å². The van der Waals surface area contributed by atoms with E-state index in [0.29, 0.717) is 0 Å². The lowest BCUT2D eigenvalue weighted by Crippen LogP contribution is -2.56.